The molecule has 3 nitrogen and oxygen atoms in total. The third-order valence-electron chi connectivity index (χ3n) is 2.68. The monoisotopic (exact) mass is 371 g/mol. The fourth-order valence-corrected chi connectivity index (χ4v) is 3.21. The van der Waals surface area contributed by atoms with E-state index in [9.17, 15) is 5.11 Å². The number of aliphatic hydroxyl groups excluding tert-OH is 1. The molecular formula is C13H10INO2S. The summed E-state index contributed by atoms with van der Waals surface area (Å²) in [4.78, 5) is 4.36. The van der Waals surface area contributed by atoms with E-state index in [-0.39, 0.29) is 0 Å². The zero-order valence-corrected chi connectivity index (χ0v) is 12.3. The lowest BCUT2D eigenvalue weighted by atomic mass is 10.1. The Morgan fingerprint density at radius 2 is 2.22 bits per heavy atom. The first kappa shape index (κ1) is 12.1. The molecule has 0 fully saturated rings. The highest BCUT2D eigenvalue weighted by molar-refractivity contribution is 14.1. The molecule has 0 bridgehead atoms. The van der Waals surface area contributed by atoms with Gasteiger partial charge in [-0.25, -0.2) is 4.98 Å². The van der Waals surface area contributed by atoms with Gasteiger partial charge in [0.05, 0.1) is 15.4 Å². The molecule has 0 aliphatic rings. The molecule has 1 aromatic carbocycles. The Morgan fingerprint density at radius 1 is 1.39 bits per heavy atom. The molecule has 0 saturated heterocycles. The van der Waals surface area contributed by atoms with Gasteiger partial charge in [-0.15, -0.1) is 11.3 Å². The molecular weight excluding hydrogens is 361 g/mol. The van der Waals surface area contributed by atoms with E-state index in [2.05, 4.69) is 27.6 Å². The average molecular weight is 371 g/mol. The summed E-state index contributed by atoms with van der Waals surface area (Å²) in [7, 11) is 0. The molecule has 3 rings (SSSR count). The minimum absolute atomic E-state index is 0.404. The third kappa shape index (κ3) is 2.43. The average Bonchev–Trinajstić information content (AvgIpc) is 2.94. The number of thiophene rings is 1. The second-order valence-electron chi connectivity index (χ2n) is 3.98. The quantitative estimate of drug-likeness (QED) is 0.713. The lowest BCUT2D eigenvalue weighted by Gasteiger charge is -2.04. The predicted octanol–water partition coefficient (Wildman–Crippen LogP) is 3.77. The van der Waals surface area contributed by atoms with E-state index in [4.69, 9.17) is 4.42 Å². The Bertz CT molecular complexity index is 643. The molecule has 0 aliphatic heterocycles. The normalized spacial score (nSPS) is 13.0. The SMILES string of the molecule is OC(Cc1nc2ccccc2o1)c1csc(I)c1. The smallest absolute Gasteiger partial charge is 0.198 e. The fourth-order valence-electron chi connectivity index (χ4n) is 1.79. The minimum atomic E-state index is -0.558. The molecule has 5 heteroatoms. The van der Waals surface area contributed by atoms with E-state index in [1.807, 2.05) is 35.7 Å². The summed E-state index contributed by atoms with van der Waals surface area (Å²) in [6.07, 6.45) is -0.153. The van der Waals surface area contributed by atoms with Crippen LogP contribution >= 0.6 is 33.9 Å². The van der Waals surface area contributed by atoms with Gasteiger partial charge in [0.25, 0.3) is 0 Å². The van der Waals surface area contributed by atoms with Crippen molar-refractivity contribution in [2.24, 2.45) is 0 Å². The first-order valence-electron chi connectivity index (χ1n) is 5.49. The maximum atomic E-state index is 10.1. The Labute approximate surface area is 122 Å². The van der Waals surface area contributed by atoms with E-state index in [0.717, 1.165) is 16.7 Å². The highest BCUT2D eigenvalue weighted by Gasteiger charge is 2.14. The molecule has 2 heterocycles. The second-order valence-corrected chi connectivity index (χ2v) is 6.78. The molecule has 3 aromatic rings. The number of hydrogen-bond donors (Lipinski definition) is 1. The molecule has 0 spiro atoms. The number of aliphatic hydroxyl groups is 1. The van der Waals surface area contributed by atoms with Gasteiger partial charge in [-0.3, -0.25) is 0 Å². The van der Waals surface area contributed by atoms with Crippen LogP contribution < -0.4 is 0 Å². The number of hydrogen-bond acceptors (Lipinski definition) is 4. The molecule has 18 heavy (non-hydrogen) atoms. The fraction of sp³-hybridized carbons (Fsp3) is 0.154. The van der Waals surface area contributed by atoms with Gasteiger partial charge < -0.3 is 9.52 Å². The molecule has 2 aromatic heterocycles. The number of halogens is 1. The summed E-state index contributed by atoms with van der Waals surface area (Å²) in [5.41, 5.74) is 2.52. The van der Waals surface area contributed by atoms with Crippen molar-refractivity contribution in [1.82, 2.24) is 4.98 Å². The van der Waals surface area contributed by atoms with Crippen molar-refractivity contribution < 1.29 is 9.52 Å². The summed E-state index contributed by atoms with van der Waals surface area (Å²) < 4.78 is 6.76. The van der Waals surface area contributed by atoms with Gasteiger partial charge in [-0.2, -0.15) is 0 Å². The van der Waals surface area contributed by atoms with Crippen molar-refractivity contribution in [3.8, 4) is 0 Å². The first-order chi connectivity index (χ1) is 8.72. The minimum Gasteiger partial charge on any atom is -0.441 e. The van der Waals surface area contributed by atoms with Gasteiger partial charge in [0.1, 0.15) is 5.52 Å². The van der Waals surface area contributed by atoms with Crippen molar-refractivity contribution in [1.29, 1.82) is 0 Å². The van der Waals surface area contributed by atoms with Crippen LogP contribution in [0.5, 0.6) is 0 Å². The van der Waals surface area contributed by atoms with Crippen LogP contribution in [0.3, 0.4) is 0 Å². The lowest BCUT2D eigenvalue weighted by molar-refractivity contribution is 0.170. The van der Waals surface area contributed by atoms with Crippen LogP contribution in [0, 0.1) is 2.88 Å². The number of fused-ring (bicyclic) bond motifs is 1. The van der Waals surface area contributed by atoms with Crippen LogP contribution in [0.15, 0.2) is 40.1 Å². The zero-order valence-electron chi connectivity index (χ0n) is 9.34. The lowest BCUT2D eigenvalue weighted by Crippen LogP contribution is -2.00. The number of nitrogens with zero attached hydrogens (tertiary/aromatic N) is 1. The molecule has 0 radical (unpaired) electrons. The molecule has 0 aliphatic carbocycles. The van der Waals surface area contributed by atoms with E-state index in [1.165, 1.54) is 2.88 Å². The number of oxazole rings is 1. The summed E-state index contributed by atoms with van der Waals surface area (Å²) in [6.45, 7) is 0. The van der Waals surface area contributed by atoms with Crippen LogP contribution in [0.4, 0.5) is 0 Å². The maximum Gasteiger partial charge on any atom is 0.198 e. The predicted molar refractivity (Wildman–Crippen MR) is 79.7 cm³/mol. The number of rotatable bonds is 3. The largest absolute Gasteiger partial charge is 0.441 e. The van der Waals surface area contributed by atoms with Crippen LogP contribution in [-0.4, -0.2) is 10.1 Å². The zero-order chi connectivity index (χ0) is 12.5. The van der Waals surface area contributed by atoms with E-state index >= 15 is 0 Å². The Morgan fingerprint density at radius 3 is 2.94 bits per heavy atom. The molecule has 0 saturated carbocycles. The highest BCUT2D eigenvalue weighted by atomic mass is 127. The Balaban J connectivity index is 1.83. The number of aromatic nitrogens is 1. The summed E-state index contributed by atoms with van der Waals surface area (Å²) >= 11 is 3.87. The van der Waals surface area contributed by atoms with Crippen LogP contribution in [-0.2, 0) is 6.42 Å². The van der Waals surface area contributed by atoms with Crippen LogP contribution in [0.25, 0.3) is 11.1 Å². The topological polar surface area (TPSA) is 46.3 Å². The Hall–Kier alpha value is -0.920. The molecule has 1 N–H and O–H groups in total. The van der Waals surface area contributed by atoms with Crippen molar-refractivity contribution in [2.75, 3.05) is 0 Å². The van der Waals surface area contributed by atoms with Crippen LogP contribution in [0.1, 0.15) is 17.6 Å². The van der Waals surface area contributed by atoms with Gasteiger partial charge in [-0.05, 0) is 51.7 Å². The molecule has 0 amide bonds. The summed E-state index contributed by atoms with van der Waals surface area (Å²) in [5, 5.41) is 12.1. The van der Waals surface area contributed by atoms with Gasteiger partial charge in [-0.1, -0.05) is 12.1 Å². The highest BCUT2D eigenvalue weighted by Crippen LogP contribution is 2.25. The first-order valence-corrected chi connectivity index (χ1v) is 7.44. The van der Waals surface area contributed by atoms with E-state index in [1.54, 1.807) is 11.3 Å². The van der Waals surface area contributed by atoms with Crippen molar-refractivity contribution in [3.63, 3.8) is 0 Å². The standard InChI is InChI=1S/C13H10INO2S/c14-12-5-8(7-18-12)10(16)6-13-15-9-3-1-2-4-11(9)17-13/h1-5,7,10,16H,6H2. The summed E-state index contributed by atoms with van der Waals surface area (Å²) in [6, 6.07) is 9.60. The van der Waals surface area contributed by atoms with Gasteiger partial charge in [0.2, 0.25) is 0 Å². The molecule has 1 unspecified atom stereocenters. The van der Waals surface area contributed by atoms with E-state index < -0.39 is 6.10 Å². The number of benzene rings is 1. The number of para-hydroxylation sites is 2. The maximum absolute atomic E-state index is 10.1. The Kier molecular flexibility index (Phi) is 3.36. The van der Waals surface area contributed by atoms with Crippen molar-refractivity contribution in [2.45, 2.75) is 12.5 Å². The van der Waals surface area contributed by atoms with Gasteiger partial charge in [0, 0.05) is 0 Å². The third-order valence-corrected chi connectivity index (χ3v) is 4.49. The summed E-state index contributed by atoms with van der Waals surface area (Å²) in [5.74, 6) is 0.574. The van der Waals surface area contributed by atoms with Gasteiger partial charge >= 0.3 is 0 Å². The van der Waals surface area contributed by atoms with Crippen molar-refractivity contribution in [3.05, 3.63) is 50.0 Å². The molecule has 1 atom stereocenters. The van der Waals surface area contributed by atoms with Crippen molar-refractivity contribution >= 4 is 45.0 Å². The van der Waals surface area contributed by atoms with E-state index in [0.29, 0.717) is 12.3 Å². The molecule has 92 valence electrons. The second kappa shape index (κ2) is 4.99. The van der Waals surface area contributed by atoms with Crippen LogP contribution in [0.2, 0.25) is 0 Å². The van der Waals surface area contributed by atoms with Gasteiger partial charge in [0.15, 0.2) is 11.5 Å².